The highest BCUT2D eigenvalue weighted by molar-refractivity contribution is 7.14. The van der Waals surface area contributed by atoms with E-state index in [-0.39, 0.29) is 35.6 Å². The summed E-state index contributed by atoms with van der Waals surface area (Å²) in [5, 5.41) is 16.3. The number of nitrogens with one attached hydrogen (secondary N) is 1. The van der Waals surface area contributed by atoms with Gasteiger partial charge in [0.05, 0.1) is 10.8 Å². The molecule has 13 heteroatoms. The second-order valence-corrected chi connectivity index (χ2v) is 14.1. The average molecular weight is 686 g/mol. The molecule has 2 aliphatic rings. The van der Waals surface area contributed by atoms with Gasteiger partial charge < -0.3 is 24.4 Å². The molecule has 0 aliphatic carbocycles. The smallest absolute Gasteiger partial charge is 0.410 e. The molecule has 2 amide bonds. The fourth-order valence-corrected chi connectivity index (χ4v) is 6.89. The summed E-state index contributed by atoms with van der Waals surface area (Å²) in [5.74, 6) is -0.199. The minimum Gasteiger partial charge on any atom is -0.445 e. The molecule has 3 aromatic carbocycles. The average Bonchev–Trinajstić information content (AvgIpc) is 3.57. The van der Waals surface area contributed by atoms with Gasteiger partial charge in [0.15, 0.2) is 5.13 Å². The van der Waals surface area contributed by atoms with Crippen LogP contribution >= 0.6 is 11.3 Å². The van der Waals surface area contributed by atoms with Gasteiger partial charge in [0.1, 0.15) is 23.8 Å². The number of para-hydroxylation sites is 2. The maximum Gasteiger partial charge on any atom is 0.410 e. The van der Waals surface area contributed by atoms with E-state index in [2.05, 4.69) is 26.1 Å². The van der Waals surface area contributed by atoms with Crippen molar-refractivity contribution in [3.63, 3.8) is 0 Å². The number of hydrogen-bond donors (Lipinski definition) is 1. The summed E-state index contributed by atoms with van der Waals surface area (Å²) in [5.41, 5.74) is 0.762. The Kier molecular flexibility index (Phi) is 9.72. The summed E-state index contributed by atoms with van der Waals surface area (Å²) < 4.78 is 18.9. The monoisotopic (exact) mass is 685 g/mol. The standard InChI is InChI=1S/C36H39N5O7S/c1-35(2,3)31-22-40(36(31,47-28-10-6-4-7-11-28)48-29-12-8-5-9-13-29)33-38-30(24-49-33)32(42)37-26-18-20-39(21-19-26)34(43)46-23-25-14-16-27(17-15-25)41(44)45/h4-17,24,26,31H,18-23H2,1-3H3,(H,37,42). The van der Waals surface area contributed by atoms with E-state index >= 15 is 0 Å². The number of piperidine rings is 1. The number of nitro benzene ring substituents is 1. The van der Waals surface area contributed by atoms with Crippen molar-refractivity contribution in [2.75, 3.05) is 24.5 Å². The minimum absolute atomic E-state index is 0.0151. The number of nitro groups is 1. The molecule has 1 N–H and O–H groups in total. The number of ether oxygens (including phenoxy) is 3. The Bertz CT molecular complexity index is 1710. The molecule has 1 atom stereocenters. The van der Waals surface area contributed by atoms with Crippen molar-refractivity contribution in [2.45, 2.75) is 52.2 Å². The molecule has 0 radical (unpaired) electrons. The first kappa shape index (κ1) is 33.7. The van der Waals surface area contributed by atoms with Crippen LogP contribution in [0.5, 0.6) is 11.5 Å². The number of nitrogens with zero attached hydrogens (tertiary/aromatic N) is 4. The third kappa shape index (κ3) is 7.62. The number of rotatable bonds is 10. The molecule has 2 aliphatic heterocycles. The van der Waals surface area contributed by atoms with Crippen LogP contribution in [0.15, 0.2) is 90.3 Å². The van der Waals surface area contributed by atoms with E-state index in [1.807, 2.05) is 65.6 Å². The molecule has 2 fully saturated rings. The first-order chi connectivity index (χ1) is 23.5. The summed E-state index contributed by atoms with van der Waals surface area (Å²) in [6.45, 7) is 7.97. The third-order valence-corrected chi connectivity index (χ3v) is 9.66. The lowest BCUT2D eigenvalue weighted by Crippen LogP contribution is -2.76. The van der Waals surface area contributed by atoms with E-state index in [4.69, 9.17) is 19.2 Å². The number of anilines is 1. The summed E-state index contributed by atoms with van der Waals surface area (Å²) in [6, 6.07) is 24.9. The van der Waals surface area contributed by atoms with Gasteiger partial charge in [-0.3, -0.25) is 19.8 Å². The molecule has 256 valence electrons. The van der Waals surface area contributed by atoms with Crippen molar-refractivity contribution in [1.82, 2.24) is 15.2 Å². The number of likely N-dealkylation sites (tertiary alicyclic amines) is 1. The lowest BCUT2D eigenvalue weighted by atomic mass is 9.72. The minimum atomic E-state index is -1.20. The van der Waals surface area contributed by atoms with Crippen molar-refractivity contribution in [3.05, 3.63) is 112 Å². The van der Waals surface area contributed by atoms with Gasteiger partial charge in [-0.05, 0) is 60.2 Å². The Morgan fingerprint density at radius 2 is 1.55 bits per heavy atom. The molecule has 3 heterocycles. The summed E-state index contributed by atoms with van der Waals surface area (Å²) >= 11 is 1.36. The van der Waals surface area contributed by atoms with Gasteiger partial charge in [-0.25, -0.2) is 9.78 Å². The Balaban J connectivity index is 1.09. The van der Waals surface area contributed by atoms with Crippen LogP contribution in [0.1, 0.15) is 49.7 Å². The molecule has 6 rings (SSSR count). The molecule has 0 spiro atoms. The van der Waals surface area contributed by atoms with Crippen molar-refractivity contribution < 1.29 is 28.7 Å². The first-order valence-electron chi connectivity index (χ1n) is 16.2. The molecule has 49 heavy (non-hydrogen) atoms. The van der Waals surface area contributed by atoms with Crippen LogP contribution in [0.25, 0.3) is 0 Å². The van der Waals surface area contributed by atoms with E-state index in [0.717, 1.165) is 0 Å². The maximum atomic E-state index is 13.4. The molecular formula is C36H39N5O7S. The number of carbonyl (C=O) groups excluding carboxylic acids is 2. The molecule has 0 bridgehead atoms. The topological polar surface area (TPSA) is 136 Å². The number of benzene rings is 3. The van der Waals surface area contributed by atoms with Crippen molar-refractivity contribution in [1.29, 1.82) is 0 Å². The van der Waals surface area contributed by atoms with Gasteiger partial charge in [-0.15, -0.1) is 11.3 Å². The van der Waals surface area contributed by atoms with Gasteiger partial charge >= 0.3 is 12.0 Å². The van der Waals surface area contributed by atoms with Crippen LogP contribution in [-0.2, 0) is 11.3 Å². The number of aromatic nitrogens is 1. The molecule has 0 saturated carbocycles. The number of thiazole rings is 1. The Morgan fingerprint density at radius 3 is 2.10 bits per heavy atom. The highest BCUT2D eigenvalue weighted by Gasteiger charge is 2.64. The van der Waals surface area contributed by atoms with Crippen LogP contribution in [0.4, 0.5) is 15.6 Å². The van der Waals surface area contributed by atoms with Crippen LogP contribution in [0.2, 0.25) is 0 Å². The van der Waals surface area contributed by atoms with Gasteiger partial charge in [0, 0.05) is 43.2 Å². The Hall–Kier alpha value is -5.17. The highest BCUT2D eigenvalue weighted by atomic mass is 32.1. The number of non-ortho nitro benzene ring substituents is 1. The van der Waals surface area contributed by atoms with Crippen LogP contribution in [0.3, 0.4) is 0 Å². The van der Waals surface area contributed by atoms with Crippen LogP contribution in [-0.4, -0.2) is 58.4 Å². The van der Waals surface area contributed by atoms with Crippen molar-refractivity contribution >= 4 is 34.2 Å². The molecular weight excluding hydrogens is 646 g/mol. The second-order valence-electron chi connectivity index (χ2n) is 13.2. The largest absolute Gasteiger partial charge is 0.445 e. The summed E-state index contributed by atoms with van der Waals surface area (Å²) in [6.07, 6.45) is 0.663. The number of amides is 2. The van der Waals surface area contributed by atoms with E-state index in [1.54, 1.807) is 22.4 Å². The SMILES string of the molecule is CC(C)(C)C1CN(c2nc(C(=O)NC3CCN(C(=O)OCc4ccc([N+](=O)[O-])cc4)CC3)cs2)C1(Oc1ccccc1)Oc1ccccc1. The number of hydrogen-bond acceptors (Lipinski definition) is 10. The maximum absolute atomic E-state index is 13.4. The van der Waals surface area contributed by atoms with Crippen molar-refractivity contribution in [3.8, 4) is 11.5 Å². The zero-order chi connectivity index (χ0) is 34.6. The van der Waals surface area contributed by atoms with E-state index in [9.17, 15) is 19.7 Å². The zero-order valence-electron chi connectivity index (χ0n) is 27.6. The molecule has 12 nitrogen and oxygen atoms in total. The lowest BCUT2D eigenvalue weighted by molar-refractivity contribution is -0.384. The third-order valence-electron chi connectivity index (χ3n) is 8.80. The molecule has 2 saturated heterocycles. The van der Waals surface area contributed by atoms with E-state index in [0.29, 0.717) is 60.4 Å². The van der Waals surface area contributed by atoms with Gasteiger partial charge in [0.25, 0.3) is 11.6 Å². The molecule has 4 aromatic rings. The summed E-state index contributed by atoms with van der Waals surface area (Å²) in [4.78, 5) is 44.7. The van der Waals surface area contributed by atoms with Crippen LogP contribution < -0.4 is 19.7 Å². The van der Waals surface area contributed by atoms with Gasteiger partial charge in [-0.2, -0.15) is 0 Å². The fraction of sp³-hybridized carbons (Fsp3) is 0.361. The second kappa shape index (κ2) is 14.1. The van der Waals surface area contributed by atoms with E-state index < -0.39 is 16.9 Å². The predicted molar refractivity (Wildman–Crippen MR) is 185 cm³/mol. The first-order valence-corrected chi connectivity index (χ1v) is 17.1. The van der Waals surface area contributed by atoms with Gasteiger partial charge in [-0.1, -0.05) is 57.2 Å². The van der Waals surface area contributed by atoms with Crippen molar-refractivity contribution in [2.24, 2.45) is 11.3 Å². The van der Waals surface area contributed by atoms with Gasteiger partial charge in [0.2, 0.25) is 0 Å². The van der Waals surface area contributed by atoms with Crippen LogP contribution in [0, 0.1) is 21.4 Å². The normalized spacial score (nSPS) is 17.5. The predicted octanol–water partition coefficient (Wildman–Crippen LogP) is 6.88. The quantitative estimate of drug-likeness (QED) is 0.108. The molecule has 1 unspecified atom stereocenters. The van der Waals surface area contributed by atoms with E-state index in [1.165, 1.54) is 23.5 Å². The highest BCUT2D eigenvalue weighted by Crippen LogP contribution is 2.51. The Morgan fingerprint density at radius 1 is 0.959 bits per heavy atom. The Labute approximate surface area is 288 Å². The fourth-order valence-electron chi connectivity index (χ4n) is 6.03. The lowest BCUT2D eigenvalue weighted by Gasteiger charge is -2.59. The molecule has 1 aromatic heterocycles. The summed E-state index contributed by atoms with van der Waals surface area (Å²) in [7, 11) is 0. The zero-order valence-corrected chi connectivity index (χ0v) is 28.4. The number of carbonyl (C=O) groups is 2.